The minimum absolute atomic E-state index is 0.136. The topological polar surface area (TPSA) is 59.6 Å². The SMILES string of the molecule is COc1cc(CNc2cc(Cl)ccc2C)cc(Br)c1OCC(=O)Nc1ccccc1. The van der Waals surface area contributed by atoms with Gasteiger partial charge in [0.2, 0.25) is 0 Å². The summed E-state index contributed by atoms with van der Waals surface area (Å²) in [4.78, 5) is 12.2. The van der Waals surface area contributed by atoms with Crippen LogP contribution < -0.4 is 20.1 Å². The third-order valence-electron chi connectivity index (χ3n) is 4.38. The van der Waals surface area contributed by atoms with Gasteiger partial charge in [-0.25, -0.2) is 0 Å². The zero-order valence-corrected chi connectivity index (χ0v) is 19.0. The molecule has 2 N–H and O–H groups in total. The molecule has 0 fully saturated rings. The van der Waals surface area contributed by atoms with Gasteiger partial charge < -0.3 is 20.1 Å². The lowest BCUT2D eigenvalue weighted by atomic mass is 10.1. The van der Waals surface area contributed by atoms with Crippen LogP contribution in [0.5, 0.6) is 11.5 Å². The second-order valence-corrected chi connectivity index (χ2v) is 7.92. The molecule has 3 aromatic rings. The number of carbonyl (C=O) groups is 1. The molecule has 0 saturated carbocycles. The van der Waals surface area contributed by atoms with Gasteiger partial charge in [0.25, 0.3) is 5.91 Å². The summed E-state index contributed by atoms with van der Waals surface area (Å²) in [6.45, 7) is 2.46. The Kier molecular flexibility index (Phi) is 7.60. The molecule has 7 heteroatoms. The average molecular weight is 490 g/mol. The van der Waals surface area contributed by atoms with Crippen LogP contribution in [0, 0.1) is 6.92 Å². The zero-order chi connectivity index (χ0) is 21.5. The minimum atomic E-state index is -0.252. The molecule has 5 nitrogen and oxygen atoms in total. The third-order valence-corrected chi connectivity index (χ3v) is 5.20. The van der Waals surface area contributed by atoms with Gasteiger partial charge in [-0.2, -0.15) is 0 Å². The fourth-order valence-corrected chi connectivity index (χ4v) is 3.63. The van der Waals surface area contributed by atoms with E-state index in [4.69, 9.17) is 21.1 Å². The molecule has 1 amide bonds. The highest BCUT2D eigenvalue weighted by molar-refractivity contribution is 9.10. The standard InChI is InChI=1S/C23H22BrClN2O3/c1-15-8-9-17(25)12-20(15)26-13-16-10-19(24)23(21(11-16)29-2)30-14-22(28)27-18-6-4-3-5-7-18/h3-12,26H,13-14H2,1-2H3,(H,27,28). The summed E-state index contributed by atoms with van der Waals surface area (Å²) in [7, 11) is 1.57. The lowest BCUT2D eigenvalue weighted by Gasteiger charge is -2.15. The molecule has 0 unspecified atom stereocenters. The van der Waals surface area contributed by atoms with Crippen LogP contribution in [0.25, 0.3) is 0 Å². The Morgan fingerprint density at radius 3 is 2.60 bits per heavy atom. The van der Waals surface area contributed by atoms with Crippen molar-refractivity contribution in [3.8, 4) is 11.5 Å². The Hall–Kier alpha value is -2.70. The van der Waals surface area contributed by atoms with Crippen LogP contribution in [0.2, 0.25) is 5.02 Å². The second kappa shape index (κ2) is 10.4. The molecular formula is C23H22BrClN2O3. The molecule has 0 aliphatic heterocycles. The van der Waals surface area contributed by atoms with Crippen molar-refractivity contribution in [2.45, 2.75) is 13.5 Å². The van der Waals surface area contributed by atoms with Crippen molar-refractivity contribution in [1.29, 1.82) is 0 Å². The first kappa shape index (κ1) is 22.0. The van der Waals surface area contributed by atoms with E-state index in [0.29, 0.717) is 27.5 Å². The van der Waals surface area contributed by atoms with Crippen LogP contribution in [0.1, 0.15) is 11.1 Å². The predicted molar refractivity (Wildman–Crippen MR) is 125 cm³/mol. The lowest BCUT2D eigenvalue weighted by molar-refractivity contribution is -0.118. The summed E-state index contributed by atoms with van der Waals surface area (Å²) < 4.78 is 11.9. The number of ether oxygens (including phenoxy) is 2. The van der Waals surface area contributed by atoms with Crippen LogP contribution in [0.4, 0.5) is 11.4 Å². The van der Waals surface area contributed by atoms with Gasteiger partial charge in [0.15, 0.2) is 18.1 Å². The fourth-order valence-electron chi connectivity index (χ4n) is 2.85. The summed E-state index contributed by atoms with van der Waals surface area (Å²) in [5.41, 5.74) is 3.78. The summed E-state index contributed by atoms with van der Waals surface area (Å²) >= 11 is 9.61. The number of methoxy groups -OCH3 is 1. The van der Waals surface area contributed by atoms with Gasteiger partial charge in [-0.05, 0) is 70.4 Å². The van der Waals surface area contributed by atoms with E-state index in [-0.39, 0.29) is 12.5 Å². The van der Waals surface area contributed by atoms with Crippen molar-refractivity contribution in [1.82, 2.24) is 0 Å². The van der Waals surface area contributed by atoms with Crippen LogP contribution in [0.3, 0.4) is 0 Å². The molecule has 0 bridgehead atoms. The lowest BCUT2D eigenvalue weighted by Crippen LogP contribution is -2.20. The molecule has 0 aliphatic carbocycles. The van der Waals surface area contributed by atoms with Crippen LogP contribution >= 0.6 is 27.5 Å². The van der Waals surface area contributed by atoms with E-state index < -0.39 is 0 Å². The molecular weight excluding hydrogens is 468 g/mol. The predicted octanol–water partition coefficient (Wildman–Crippen LogP) is 6.05. The fraction of sp³-hybridized carbons (Fsp3) is 0.174. The molecule has 0 saturated heterocycles. The maximum Gasteiger partial charge on any atom is 0.262 e. The zero-order valence-electron chi connectivity index (χ0n) is 16.7. The number of rotatable bonds is 8. The number of benzene rings is 3. The summed E-state index contributed by atoms with van der Waals surface area (Å²) in [6, 6.07) is 18.8. The monoisotopic (exact) mass is 488 g/mol. The van der Waals surface area contributed by atoms with Crippen molar-refractivity contribution >= 4 is 44.8 Å². The van der Waals surface area contributed by atoms with Gasteiger partial charge >= 0.3 is 0 Å². The number of carbonyl (C=O) groups excluding carboxylic acids is 1. The summed E-state index contributed by atoms with van der Waals surface area (Å²) in [5, 5.41) is 6.85. The van der Waals surface area contributed by atoms with E-state index in [2.05, 4.69) is 26.6 Å². The van der Waals surface area contributed by atoms with E-state index >= 15 is 0 Å². The molecule has 0 spiro atoms. The number of anilines is 2. The van der Waals surface area contributed by atoms with Crippen molar-refractivity contribution in [3.63, 3.8) is 0 Å². The normalized spacial score (nSPS) is 10.4. The Labute approximate surface area is 189 Å². The van der Waals surface area contributed by atoms with Crippen molar-refractivity contribution in [3.05, 3.63) is 81.3 Å². The van der Waals surface area contributed by atoms with Crippen LogP contribution in [-0.2, 0) is 11.3 Å². The van der Waals surface area contributed by atoms with E-state index in [1.807, 2.05) is 67.6 Å². The number of amides is 1. The Morgan fingerprint density at radius 2 is 1.87 bits per heavy atom. The number of hydrogen-bond donors (Lipinski definition) is 2. The van der Waals surface area contributed by atoms with E-state index in [9.17, 15) is 4.79 Å². The Bertz CT molecular complexity index is 1030. The largest absolute Gasteiger partial charge is 0.493 e. The van der Waals surface area contributed by atoms with Crippen molar-refractivity contribution in [2.24, 2.45) is 0 Å². The molecule has 156 valence electrons. The number of nitrogens with one attached hydrogen (secondary N) is 2. The maximum atomic E-state index is 12.2. The molecule has 3 aromatic carbocycles. The molecule has 3 rings (SSSR count). The first-order valence-electron chi connectivity index (χ1n) is 9.30. The quantitative estimate of drug-likeness (QED) is 0.404. The first-order chi connectivity index (χ1) is 14.5. The minimum Gasteiger partial charge on any atom is -0.493 e. The number of aryl methyl sites for hydroxylation is 1. The van der Waals surface area contributed by atoms with Gasteiger partial charge in [0.1, 0.15) is 0 Å². The van der Waals surface area contributed by atoms with Gasteiger partial charge in [-0.15, -0.1) is 0 Å². The average Bonchev–Trinajstić information content (AvgIpc) is 2.74. The highest BCUT2D eigenvalue weighted by Gasteiger charge is 2.14. The van der Waals surface area contributed by atoms with Gasteiger partial charge in [0, 0.05) is 22.9 Å². The van der Waals surface area contributed by atoms with E-state index in [0.717, 1.165) is 22.5 Å². The molecule has 0 aliphatic rings. The summed E-state index contributed by atoms with van der Waals surface area (Å²) in [5.74, 6) is 0.761. The maximum absolute atomic E-state index is 12.2. The number of halogens is 2. The van der Waals surface area contributed by atoms with Gasteiger partial charge in [-0.1, -0.05) is 35.9 Å². The highest BCUT2D eigenvalue weighted by atomic mass is 79.9. The van der Waals surface area contributed by atoms with E-state index in [1.165, 1.54) is 0 Å². The Balaban J connectivity index is 1.66. The van der Waals surface area contributed by atoms with Crippen LogP contribution in [-0.4, -0.2) is 19.6 Å². The third kappa shape index (κ3) is 5.90. The molecule has 0 heterocycles. The molecule has 0 atom stereocenters. The Morgan fingerprint density at radius 1 is 1.10 bits per heavy atom. The summed E-state index contributed by atoms with van der Waals surface area (Å²) in [6.07, 6.45) is 0. The highest BCUT2D eigenvalue weighted by Crippen LogP contribution is 2.37. The molecule has 0 aromatic heterocycles. The smallest absolute Gasteiger partial charge is 0.262 e. The number of para-hydroxylation sites is 1. The van der Waals surface area contributed by atoms with Crippen molar-refractivity contribution < 1.29 is 14.3 Å². The first-order valence-corrected chi connectivity index (χ1v) is 10.5. The van der Waals surface area contributed by atoms with Gasteiger partial charge in [-0.3, -0.25) is 4.79 Å². The molecule has 30 heavy (non-hydrogen) atoms. The van der Waals surface area contributed by atoms with Crippen molar-refractivity contribution in [2.75, 3.05) is 24.4 Å². The van der Waals surface area contributed by atoms with Crippen LogP contribution in [0.15, 0.2) is 65.1 Å². The molecule has 0 radical (unpaired) electrons. The second-order valence-electron chi connectivity index (χ2n) is 6.62. The number of hydrogen-bond acceptors (Lipinski definition) is 4. The van der Waals surface area contributed by atoms with Gasteiger partial charge in [0.05, 0.1) is 11.6 Å². The van der Waals surface area contributed by atoms with E-state index in [1.54, 1.807) is 7.11 Å².